The largest absolute Gasteiger partial charge is 0.466 e. The summed E-state index contributed by atoms with van der Waals surface area (Å²) in [7, 11) is -2.57. The molecule has 1 atom stereocenters. The highest BCUT2D eigenvalue weighted by Gasteiger charge is 2.28. The molecule has 0 bridgehead atoms. The number of rotatable bonds is 22. The van der Waals surface area contributed by atoms with Crippen molar-refractivity contribution in [1.29, 1.82) is 0 Å². The number of esters is 1. The average Bonchev–Trinajstić information content (AvgIpc) is 2.87. The number of carbonyl (C=O) groups is 2. The molecule has 0 radical (unpaired) electrons. The summed E-state index contributed by atoms with van der Waals surface area (Å²) in [6.45, 7) is 23.8. The molecule has 0 aliphatic carbocycles. The van der Waals surface area contributed by atoms with Gasteiger partial charge in [0.25, 0.3) is 0 Å². The number of hydrogen-bond donors (Lipinski definition) is 0. The van der Waals surface area contributed by atoms with Crippen molar-refractivity contribution in [2.45, 2.75) is 90.1 Å². The third-order valence-corrected chi connectivity index (χ3v) is 9.91. The predicted octanol–water partition coefficient (Wildman–Crippen LogP) is 8.48. The number of hydrogen-bond acceptors (Lipinski definition) is 7. The summed E-state index contributed by atoms with van der Waals surface area (Å²) in [6, 6.07) is 3.49. The molecular formula is C32H51ClO7Si2. The highest BCUT2D eigenvalue weighted by atomic mass is 35.5. The van der Waals surface area contributed by atoms with Crippen LogP contribution in [0.25, 0.3) is 0 Å². The first-order valence-corrected chi connectivity index (χ1v) is 22.4. The van der Waals surface area contributed by atoms with Crippen LogP contribution in [0.3, 0.4) is 0 Å². The third kappa shape index (κ3) is 15.9. The van der Waals surface area contributed by atoms with Crippen LogP contribution in [0.5, 0.6) is 11.5 Å². The molecule has 0 amide bonds. The zero-order chi connectivity index (χ0) is 31.8. The Hall–Kier alpha value is -2.18. The molecule has 236 valence electrons. The lowest BCUT2D eigenvalue weighted by Crippen LogP contribution is -2.23. The van der Waals surface area contributed by atoms with Crippen LogP contribution in [0.1, 0.15) is 42.1 Å². The number of ether oxygens (including phenoxy) is 5. The number of benzene rings is 1. The van der Waals surface area contributed by atoms with Crippen LogP contribution >= 0.6 is 11.6 Å². The number of halogens is 1. The van der Waals surface area contributed by atoms with Gasteiger partial charge in [0, 0.05) is 53.8 Å². The lowest BCUT2D eigenvalue weighted by molar-refractivity contribution is -0.114. The molecule has 0 aliphatic rings. The van der Waals surface area contributed by atoms with Gasteiger partial charge < -0.3 is 23.7 Å². The Morgan fingerprint density at radius 2 is 1.48 bits per heavy atom. The van der Waals surface area contributed by atoms with Crippen LogP contribution < -0.4 is 9.47 Å². The summed E-state index contributed by atoms with van der Waals surface area (Å²) in [5, 5.41) is 0.131. The molecule has 0 saturated carbocycles. The van der Waals surface area contributed by atoms with E-state index in [1.165, 1.54) is 12.1 Å². The van der Waals surface area contributed by atoms with Crippen molar-refractivity contribution >= 4 is 39.5 Å². The van der Waals surface area contributed by atoms with Crippen LogP contribution in [0, 0.1) is 0 Å². The summed E-state index contributed by atoms with van der Waals surface area (Å²) < 4.78 is 29.0. The minimum atomic E-state index is -1.30. The lowest BCUT2D eigenvalue weighted by Gasteiger charge is -2.21. The van der Waals surface area contributed by atoms with Crippen molar-refractivity contribution in [2.75, 3.05) is 26.8 Å². The van der Waals surface area contributed by atoms with Crippen molar-refractivity contribution in [3.63, 3.8) is 0 Å². The maximum absolute atomic E-state index is 13.5. The Labute approximate surface area is 260 Å². The quantitative estimate of drug-likeness (QED) is 0.0315. The Bertz CT molecular complexity index is 1060. The molecule has 0 aromatic heterocycles. The highest BCUT2D eigenvalue weighted by Crippen LogP contribution is 2.39. The lowest BCUT2D eigenvalue weighted by atomic mass is 9.99. The van der Waals surface area contributed by atoms with Gasteiger partial charge in [-0.15, -0.1) is 13.2 Å². The zero-order valence-electron chi connectivity index (χ0n) is 26.7. The Morgan fingerprint density at radius 1 is 0.905 bits per heavy atom. The summed E-state index contributed by atoms with van der Waals surface area (Å²) in [4.78, 5) is 26.5. The van der Waals surface area contributed by atoms with Crippen LogP contribution in [0.15, 0.2) is 43.5 Å². The van der Waals surface area contributed by atoms with Gasteiger partial charge in [0.1, 0.15) is 23.2 Å². The first kappa shape index (κ1) is 37.8. The average molecular weight is 639 g/mol. The van der Waals surface area contributed by atoms with E-state index in [4.69, 9.17) is 35.3 Å². The summed E-state index contributed by atoms with van der Waals surface area (Å²) >= 11 is 6.81. The van der Waals surface area contributed by atoms with Gasteiger partial charge in [0.05, 0.1) is 5.02 Å². The van der Waals surface area contributed by atoms with Crippen molar-refractivity contribution in [2.24, 2.45) is 0 Å². The second-order valence-electron chi connectivity index (χ2n) is 12.7. The molecular weight excluding hydrogens is 588 g/mol. The third-order valence-electron chi connectivity index (χ3n) is 6.08. The fourth-order valence-corrected chi connectivity index (χ4v) is 5.33. The second kappa shape index (κ2) is 19.2. The molecule has 7 nitrogen and oxygen atoms in total. The fraction of sp³-hybridized carbons (Fsp3) is 0.562. The molecule has 0 saturated heterocycles. The van der Waals surface area contributed by atoms with Crippen molar-refractivity contribution < 1.29 is 33.3 Å². The van der Waals surface area contributed by atoms with Gasteiger partial charge in [-0.1, -0.05) is 69.1 Å². The van der Waals surface area contributed by atoms with E-state index in [0.29, 0.717) is 26.1 Å². The highest BCUT2D eigenvalue weighted by molar-refractivity contribution is 6.76. The first-order chi connectivity index (χ1) is 19.7. The smallest absolute Gasteiger partial charge is 0.342 e. The van der Waals surface area contributed by atoms with Crippen LogP contribution in [-0.4, -0.2) is 60.8 Å². The Morgan fingerprint density at radius 3 is 2.00 bits per heavy atom. The van der Waals surface area contributed by atoms with Gasteiger partial charge in [-0.3, -0.25) is 4.79 Å². The molecule has 0 fully saturated rings. The predicted molar refractivity (Wildman–Crippen MR) is 178 cm³/mol. The topological polar surface area (TPSA) is 80.3 Å². The summed E-state index contributed by atoms with van der Waals surface area (Å²) in [6.07, 6.45) is 8.03. The van der Waals surface area contributed by atoms with Gasteiger partial charge in [-0.25, -0.2) is 4.79 Å². The summed E-state index contributed by atoms with van der Waals surface area (Å²) in [5.74, 6) is -0.468. The SMILES string of the molecule is C=CCCC=CC(=O)Cc1c(Cl)c(OCOCC[Si](C)(C)C)cc(OCOCC[Si](C)(C)C)c1C(=O)O[C@H](C)CC=C. The molecule has 0 N–H and O–H groups in total. The van der Waals surface area contributed by atoms with E-state index in [1.54, 1.807) is 25.2 Å². The molecule has 10 heteroatoms. The minimum Gasteiger partial charge on any atom is -0.466 e. The molecule has 42 heavy (non-hydrogen) atoms. The van der Waals surface area contributed by atoms with Gasteiger partial charge in [-0.2, -0.15) is 0 Å². The standard InChI is InChI=1S/C32H51ClO7Si2/c1-10-12-13-14-16-26(34)21-27-30(32(35)40-25(3)15-11-2)28(38-23-36-17-19-41(4,5)6)22-29(31(27)33)39-24-37-18-20-42(7,8)9/h10-11,14,16,22,25H,1-2,12-13,15,17-21,23-24H2,3-9H3/t25-/m1/s1. The minimum absolute atomic E-state index is 0.0364. The molecule has 0 heterocycles. The summed E-state index contributed by atoms with van der Waals surface area (Å²) in [5.41, 5.74) is 0.340. The molecule has 1 rings (SSSR count). The van der Waals surface area contributed by atoms with Crippen LogP contribution in [-0.2, 0) is 25.4 Å². The Balaban J connectivity index is 3.41. The molecule has 0 spiro atoms. The zero-order valence-corrected chi connectivity index (χ0v) is 29.4. The Kier molecular flexibility index (Phi) is 17.3. The number of carbonyl (C=O) groups excluding carboxylic acids is 2. The van der Waals surface area contributed by atoms with Gasteiger partial charge in [0.2, 0.25) is 0 Å². The molecule has 0 aliphatic heterocycles. The van der Waals surface area contributed by atoms with Crippen molar-refractivity contribution in [3.05, 3.63) is 59.7 Å². The molecule has 1 aromatic rings. The number of ketones is 1. The van der Waals surface area contributed by atoms with Crippen molar-refractivity contribution in [1.82, 2.24) is 0 Å². The van der Waals surface area contributed by atoms with Crippen molar-refractivity contribution in [3.8, 4) is 11.5 Å². The fourth-order valence-electron chi connectivity index (χ4n) is 3.54. The second-order valence-corrected chi connectivity index (χ2v) is 24.3. The van der Waals surface area contributed by atoms with Gasteiger partial charge in [-0.05, 0) is 37.9 Å². The maximum Gasteiger partial charge on any atom is 0.342 e. The van der Waals surface area contributed by atoms with E-state index >= 15 is 0 Å². The van der Waals surface area contributed by atoms with E-state index in [-0.39, 0.29) is 53.4 Å². The monoisotopic (exact) mass is 638 g/mol. The van der Waals surface area contributed by atoms with Crippen LogP contribution in [0.4, 0.5) is 0 Å². The maximum atomic E-state index is 13.5. The normalized spacial score (nSPS) is 12.7. The van der Waals surface area contributed by atoms with Crippen LogP contribution in [0.2, 0.25) is 56.4 Å². The van der Waals surface area contributed by atoms with Gasteiger partial charge in [0.15, 0.2) is 19.4 Å². The number of allylic oxidation sites excluding steroid dienone is 3. The van der Waals surface area contributed by atoms with E-state index in [0.717, 1.165) is 18.5 Å². The molecule has 1 aromatic carbocycles. The van der Waals surface area contributed by atoms with E-state index in [9.17, 15) is 9.59 Å². The van der Waals surface area contributed by atoms with E-state index < -0.39 is 28.2 Å². The number of unbranched alkanes of at least 4 members (excludes halogenated alkanes) is 1. The first-order valence-electron chi connectivity index (χ1n) is 14.6. The molecule has 0 unspecified atom stereocenters. The van der Waals surface area contributed by atoms with E-state index in [2.05, 4.69) is 52.4 Å². The van der Waals surface area contributed by atoms with Gasteiger partial charge >= 0.3 is 5.97 Å². The van der Waals surface area contributed by atoms with E-state index in [1.807, 2.05) is 0 Å².